The second kappa shape index (κ2) is 5.86. The number of oxime groups is 1. The summed E-state index contributed by atoms with van der Waals surface area (Å²) in [6, 6.07) is 1.98. The topological polar surface area (TPSA) is 87.7 Å². The molecule has 2 atom stereocenters. The summed E-state index contributed by atoms with van der Waals surface area (Å²) in [7, 11) is 0. The third kappa shape index (κ3) is 3.22. The maximum Gasteiger partial charge on any atom is 0.231 e. The molecule has 2 unspecified atom stereocenters. The molecule has 0 aliphatic heterocycles. The quantitative estimate of drug-likeness (QED) is 0.338. The smallest absolute Gasteiger partial charge is 0.231 e. The van der Waals surface area contributed by atoms with Crippen LogP contribution in [-0.2, 0) is 4.79 Å². The molecule has 1 heterocycles. The Bertz CT molecular complexity index is 468. The first-order chi connectivity index (χ1) is 8.36. The molecule has 4 N–H and O–H groups in total. The lowest BCUT2D eigenvalue weighted by Gasteiger charge is -2.17. The van der Waals surface area contributed by atoms with Gasteiger partial charge >= 0.3 is 0 Å². The molecule has 0 saturated carbocycles. The van der Waals surface area contributed by atoms with Crippen LogP contribution in [0.1, 0.15) is 35.2 Å². The summed E-state index contributed by atoms with van der Waals surface area (Å²) in [5.41, 5.74) is 6.52. The van der Waals surface area contributed by atoms with E-state index in [9.17, 15) is 4.79 Å². The Kier molecular flexibility index (Phi) is 4.72. The summed E-state index contributed by atoms with van der Waals surface area (Å²) in [6.45, 7) is 7.59. The van der Waals surface area contributed by atoms with Crippen LogP contribution in [0, 0.1) is 19.8 Å². The predicted molar refractivity (Wildman–Crippen MR) is 72.9 cm³/mol. The van der Waals surface area contributed by atoms with Crippen LogP contribution < -0.4 is 11.1 Å². The summed E-state index contributed by atoms with van der Waals surface area (Å²) in [4.78, 5) is 14.3. The molecule has 5 nitrogen and oxygen atoms in total. The highest BCUT2D eigenvalue weighted by Crippen LogP contribution is 2.26. The number of carbonyl (C=O) groups excluding carboxylic acids is 1. The van der Waals surface area contributed by atoms with E-state index in [0.717, 1.165) is 5.56 Å². The number of nitrogens with two attached hydrogens (primary N) is 1. The lowest BCUT2D eigenvalue weighted by atomic mass is 10.1. The monoisotopic (exact) mass is 269 g/mol. The minimum absolute atomic E-state index is 0.0853. The molecule has 0 radical (unpaired) electrons. The number of thiophene rings is 1. The van der Waals surface area contributed by atoms with Crippen molar-refractivity contribution in [3.63, 3.8) is 0 Å². The number of aryl methyl sites for hydroxylation is 2. The van der Waals surface area contributed by atoms with Crippen LogP contribution in [0.5, 0.6) is 0 Å². The molecule has 1 aromatic heterocycles. The number of nitrogens with zero attached hydrogens (tertiary/aromatic N) is 1. The first-order valence-corrected chi connectivity index (χ1v) is 6.53. The van der Waals surface area contributed by atoms with E-state index in [4.69, 9.17) is 10.9 Å². The molecule has 6 heteroatoms. The van der Waals surface area contributed by atoms with E-state index in [1.54, 1.807) is 18.3 Å². The summed E-state index contributed by atoms with van der Waals surface area (Å²) in [5.74, 6) is -0.975. The zero-order valence-electron chi connectivity index (χ0n) is 11.0. The molecule has 0 saturated heterocycles. The van der Waals surface area contributed by atoms with E-state index in [-0.39, 0.29) is 17.8 Å². The molecule has 1 rings (SSSR count). The first-order valence-electron chi connectivity index (χ1n) is 5.71. The van der Waals surface area contributed by atoms with E-state index < -0.39 is 5.92 Å². The number of nitrogens with one attached hydrogen (secondary N) is 1. The minimum atomic E-state index is -0.641. The first kappa shape index (κ1) is 14.5. The van der Waals surface area contributed by atoms with E-state index in [2.05, 4.69) is 16.5 Å². The molecule has 1 aromatic rings. The Morgan fingerprint density at radius 1 is 1.50 bits per heavy atom. The van der Waals surface area contributed by atoms with Crippen LogP contribution in [0.3, 0.4) is 0 Å². The van der Waals surface area contributed by atoms with Crippen LogP contribution in [0.2, 0.25) is 0 Å². The minimum Gasteiger partial charge on any atom is -0.409 e. The van der Waals surface area contributed by atoms with E-state index >= 15 is 0 Å². The molecule has 1 amide bonds. The Morgan fingerprint density at radius 2 is 2.11 bits per heavy atom. The largest absolute Gasteiger partial charge is 0.409 e. The number of amidine groups is 1. The normalized spacial score (nSPS) is 15.2. The number of hydrogen-bond donors (Lipinski definition) is 3. The van der Waals surface area contributed by atoms with Gasteiger partial charge in [-0.2, -0.15) is 0 Å². The highest BCUT2D eigenvalue weighted by Gasteiger charge is 2.21. The van der Waals surface area contributed by atoms with E-state index in [0.29, 0.717) is 0 Å². The zero-order valence-corrected chi connectivity index (χ0v) is 11.8. The van der Waals surface area contributed by atoms with Gasteiger partial charge in [0.05, 0.1) is 12.0 Å². The molecule has 0 fully saturated rings. The number of hydrogen-bond acceptors (Lipinski definition) is 4. The third-order valence-corrected chi connectivity index (χ3v) is 3.84. The van der Waals surface area contributed by atoms with Gasteiger partial charge in [0, 0.05) is 9.75 Å². The average molecular weight is 269 g/mol. The molecule has 0 bridgehead atoms. The number of carbonyl (C=O) groups is 1. The molecule has 0 aliphatic rings. The summed E-state index contributed by atoms with van der Waals surface area (Å²) >= 11 is 1.70. The van der Waals surface area contributed by atoms with E-state index in [1.807, 2.05) is 20.8 Å². The fourth-order valence-electron chi connectivity index (χ4n) is 1.72. The fourth-order valence-corrected chi connectivity index (χ4v) is 2.74. The lowest BCUT2D eigenvalue weighted by Crippen LogP contribution is -2.38. The van der Waals surface area contributed by atoms with Gasteiger partial charge in [0.25, 0.3) is 0 Å². The second-order valence-corrected chi connectivity index (χ2v) is 5.81. The van der Waals surface area contributed by atoms with Crippen molar-refractivity contribution in [3.8, 4) is 0 Å². The van der Waals surface area contributed by atoms with Gasteiger partial charge in [-0.1, -0.05) is 5.16 Å². The van der Waals surface area contributed by atoms with Gasteiger partial charge in [0.15, 0.2) is 5.84 Å². The molecule has 18 heavy (non-hydrogen) atoms. The standard InChI is InChI=1S/C12H19N3O2S/c1-6-5-10(9(4)18-6)8(3)14-12(16)7(2)11(13)15-17/h5,7-8,17H,1-4H3,(H2,13,15)(H,14,16). The number of amides is 1. The highest BCUT2D eigenvalue weighted by molar-refractivity contribution is 7.12. The Morgan fingerprint density at radius 3 is 2.56 bits per heavy atom. The van der Waals surface area contributed by atoms with Crippen molar-refractivity contribution in [1.82, 2.24) is 5.32 Å². The van der Waals surface area contributed by atoms with Gasteiger partial charge in [-0.3, -0.25) is 4.79 Å². The van der Waals surface area contributed by atoms with Crippen molar-refractivity contribution in [1.29, 1.82) is 0 Å². The molecule has 0 aromatic carbocycles. The van der Waals surface area contributed by atoms with Crippen molar-refractivity contribution in [2.24, 2.45) is 16.8 Å². The summed E-state index contributed by atoms with van der Waals surface area (Å²) in [5, 5.41) is 14.2. The third-order valence-electron chi connectivity index (χ3n) is 2.86. The van der Waals surface area contributed by atoms with Crippen molar-refractivity contribution >= 4 is 23.1 Å². The Labute approximate surface area is 111 Å². The highest BCUT2D eigenvalue weighted by atomic mass is 32.1. The maximum atomic E-state index is 11.9. The number of rotatable bonds is 4. The van der Waals surface area contributed by atoms with E-state index in [1.165, 1.54) is 9.75 Å². The Hall–Kier alpha value is -1.56. The van der Waals surface area contributed by atoms with Gasteiger partial charge < -0.3 is 16.3 Å². The summed E-state index contributed by atoms with van der Waals surface area (Å²) in [6.07, 6.45) is 0. The van der Waals surface area contributed by atoms with Crippen LogP contribution in [-0.4, -0.2) is 17.0 Å². The molecule has 0 aliphatic carbocycles. The summed E-state index contributed by atoms with van der Waals surface area (Å²) < 4.78 is 0. The van der Waals surface area contributed by atoms with Gasteiger partial charge in [-0.05, 0) is 39.3 Å². The van der Waals surface area contributed by atoms with Gasteiger partial charge in [0.1, 0.15) is 0 Å². The van der Waals surface area contributed by atoms with Crippen LogP contribution in [0.4, 0.5) is 0 Å². The van der Waals surface area contributed by atoms with Crippen molar-refractivity contribution in [2.75, 3.05) is 0 Å². The molecular formula is C12H19N3O2S. The predicted octanol–water partition coefficient (Wildman–Crippen LogP) is 1.92. The maximum absolute atomic E-state index is 11.9. The SMILES string of the molecule is Cc1cc(C(C)NC(=O)C(C)C(N)=NO)c(C)s1. The van der Waals surface area contributed by atoms with Crippen molar-refractivity contribution < 1.29 is 10.0 Å². The van der Waals surface area contributed by atoms with Gasteiger partial charge in [-0.15, -0.1) is 11.3 Å². The van der Waals surface area contributed by atoms with Crippen molar-refractivity contribution in [2.45, 2.75) is 33.7 Å². The second-order valence-electron chi connectivity index (χ2n) is 4.35. The van der Waals surface area contributed by atoms with Crippen LogP contribution >= 0.6 is 11.3 Å². The van der Waals surface area contributed by atoms with Gasteiger partial charge in [0.2, 0.25) is 5.91 Å². The van der Waals surface area contributed by atoms with Crippen molar-refractivity contribution in [3.05, 3.63) is 21.4 Å². The molecular weight excluding hydrogens is 250 g/mol. The molecule has 0 spiro atoms. The zero-order chi connectivity index (χ0) is 13.9. The fraction of sp³-hybridized carbons (Fsp3) is 0.500. The lowest BCUT2D eigenvalue weighted by molar-refractivity contribution is -0.123. The van der Waals surface area contributed by atoms with Crippen LogP contribution in [0.15, 0.2) is 11.2 Å². The van der Waals surface area contributed by atoms with Gasteiger partial charge in [-0.25, -0.2) is 0 Å². The molecule has 100 valence electrons. The average Bonchev–Trinajstić information content (AvgIpc) is 2.66. The van der Waals surface area contributed by atoms with Crippen LogP contribution in [0.25, 0.3) is 0 Å². The Balaban J connectivity index is 2.74.